The first-order valence-electron chi connectivity index (χ1n) is 14.0. The number of ether oxygens (including phenoxy) is 3. The van der Waals surface area contributed by atoms with Gasteiger partial charge in [-0.05, 0) is 91.9 Å². The summed E-state index contributed by atoms with van der Waals surface area (Å²) in [5, 5.41) is 10.0. The summed E-state index contributed by atoms with van der Waals surface area (Å²) in [6.07, 6.45) is 1.62. The Balaban J connectivity index is 1.39. The van der Waals surface area contributed by atoms with Crippen LogP contribution in [0.25, 0.3) is 0 Å². The van der Waals surface area contributed by atoms with Gasteiger partial charge >= 0.3 is 0 Å². The average molecular weight is 537 g/mol. The number of fused-ring (bicyclic) bond motifs is 1. The number of anilines is 1. The second-order valence-electron chi connectivity index (χ2n) is 9.75. The molecule has 4 rings (SSSR count). The summed E-state index contributed by atoms with van der Waals surface area (Å²) in [6, 6.07) is 20.7. The normalized spacial score (nSPS) is 15.0. The van der Waals surface area contributed by atoms with Gasteiger partial charge in [0.05, 0.1) is 19.3 Å². The van der Waals surface area contributed by atoms with Gasteiger partial charge in [0.1, 0.15) is 23.9 Å². The Morgan fingerprint density at radius 2 is 1.54 bits per heavy atom. The van der Waals surface area contributed by atoms with Gasteiger partial charge in [-0.2, -0.15) is 0 Å². The Hall–Kier alpha value is -3.13. The van der Waals surface area contributed by atoms with Crippen LogP contribution in [0.3, 0.4) is 0 Å². The van der Waals surface area contributed by atoms with E-state index in [0.29, 0.717) is 25.6 Å². The first kappa shape index (κ1) is 28.9. The number of phenolic OH excluding ortho intramolecular Hbond substituents is 1. The van der Waals surface area contributed by atoms with Gasteiger partial charge in [0.15, 0.2) is 0 Å². The molecule has 0 spiro atoms. The number of rotatable bonds is 15. The minimum atomic E-state index is -0.236. The second-order valence-corrected chi connectivity index (χ2v) is 9.75. The smallest absolute Gasteiger partial charge is 0.123 e. The summed E-state index contributed by atoms with van der Waals surface area (Å²) in [5.41, 5.74) is 4.55. The highest BCUT2D eigenvalue weighted by molar-refractivity contribution is 5.53. The molecule has 0 aromatic heterocycles. The van der Waals surface area contributed by atoms with Crippen LogP contribution in [-0.4, -0.2) is 69.2 Å². The van der Waals surface area contributed by atoms with Crippen molar-refractivity contribution in [2.45, 2.75) is 32.7 Å². The molecule has 3 aromatic carbocycles. The molecule has 39 heavy (non-hydrogen) atoms. The molecule has 1 aliphatic rings. The standard InChI is InChI=1S/C32H41FN2O4/c1-3-37-20-17-34(18-21-38-4-2)19-22-39-30-12-5-25(6-13-30)23-32-31-14-11-29(36)24-26(31)15-16-35(32)28-9-7-27(33)8-10-28/h5-14,24,32,36H,3-4,15-23H2,1-2H3. The Bertz CT molecular complexity index is 1130. The van der Waals surface area contributed by atoms with Crippen LogP contribution in [0.2, 0.25) is 0 Å². The topological polar surface area (TPSA) is 54.4 Å². The van der Waals surface area contributed by atoms with Gasteiger partial charge < -0.3 is 24.2 Å². The van der Waals surface area contributed by atoms with E-state index in [1.165, 1.54) is 23.3 Å². The molecule has 0 amide bonds. The van der Waals surface area contributed by atoms with E-state index >= 15 is 0 Å². The van der Waals surface area contributed by atoms with Gasteiger partial charge in [-0.15, -0.1) is 0 Å². The Morgan fingerprint density at radius 3 is 2.21 bits per heavy atom. The van der Waals surface area contributed by atoms with Gasteiger partial charge in [-0.1, -0.05) is 18.2 Å². The van der Waals surface area contributed by atoms with Crippen LogP contribution < -0.4 is 9.64 Å². The zero-order valence-corrected chi connectivity index (χ0v) is 23.2. The van der Waals surface area contributed by atoms with Crippen LogP contribution in [-0.2, 0) is 22.3 Å². The van der Waals surface area contributed by atoms with Crippen molar-refractivity contribution in [3.63, 3.8) is 0 Å². The molecule has 3 aromatic rings. The number of hydrogen-bond donors (Lipinski definition) is 1. The minimum absolute atomic E-state index is 0.0795. The van der Waals surface area contributed by atoms with E-state index in [1.54, 1.807) is 6.07 Å². The maximum Gasteiger partial charge on any atom is 0.123 e. The predicted molar refractivity (Wildman–Crippen MR) is 153 cm³/mol. The third-order valence-corrected chi connectivity index (χ3v) is 7.18. The van der Waals surface area contributed by atoms with E-state index in [9.17, 15) is 9.50 Å². The van der Waals surface area contributed by atoms with Gasteiger partial charge in [0, 0.05) is 45.1 Å². The van der Waals surface area contributed by atoms with Crippen molar-refractivity contribution in [2.24, 2.45) is 0 Å². The summed E-state index contributed by atoms with van der Waals surface area (Å²) in [4.78, 5) is 4.64. The lowest BCUT2D eigenvalue weighted by Crippen LogP contribution is -2.36. The second kappa shape index (κ2) is 14.9. The highest BCUT2D eigenvalue weighted by Gasteiger charge is 2.28. The molecule has 1 heterocycles. The number of halogens is 1. The Kier molecular flexibility index (Phi) is 11.0. The molecule has 0 saturated heterocycles. The summed E-state index contributed by atoms with van der Waals surface area (Å²) >= 11 is 0. The van der Waals surface area contributed by atoms with Crippen molar-refractivity contribution < 1.29 is 23.7 Å². The Labute approximate surface area is 231 Å². The molecular weight excluding hydrogens is 495 g/mol. The highest BCUT2D eigenvalue weighted by atomic mass is 19.1. The summed E-state index contributed by atoms with van der Waals surface area (Å²) in [7, 11) is 0. The number of nitrogens with zero attached hydrogens (tertiary/aromatic N) is 2. The van der Waals surface area contributed by atoms with Crippen molar-refractivity contribution in [3.05, 3.63) is 89.2 Å². The summed E-state index contributed by atoms with van der Waals surface area (Å²) in [6.45, 7) is 10.8. The molecule has 0 bridgehead atoms. The molecule has 7 heteroatoms. The molecular formula is C32H41FN2O4. The lowest BCUT2D eigenvalue weighted by molar-refractivity contribution is 0.0764. The van der Waals surface area contributed by atoms with E-state index in [0.717, 1.165) is 69.2 Å². The first-order chi connectivity index (χ1) is 19.1. The quantitative estimate of drug-likeness (QED) is 0.254. The fourth-order valence-electron chi connectivity index (χ4n) is 5.11. The van der Waals surface area contributed by atoms with E-state index in [2.05, 4.69) is 21.9 Å². The molecule has 1 atom stereocenters. The van der Waals surface area contributed by atoms with Crippen LogP contribution in [0.15, 0.2) is 66.7 Å². The monoisotopic (exact) mass is 536 g/mol. The number of benzene rings is 3. The Morgan fingerprint density at radius 1 is 0.872 bits per heavy atom. The minimum Gasteiger partial charge on any atom is -0.508 e. The van der Waals surface area contributed by atoms with Gasteiger partial charge in [0.2, 0.25) is 0 Å². The van der Waals surface area contributed by atoms with Crippen molar-refractivity contribution >= 4 is 5.69 Å². The van der Waals surface area contributed by atoms with Crippen molar-refractivity contribution in [1.82, 2.24) is 4.90 Å². The van der Waals surface area contributed by atoms with Crippen LogP contribution in [0, 0.1) is 5.82 Å². The maximum absolute atomic E-state index is 13.6. The van der Waals surface area contributed by atoms with Gasteiger partial charge in [-0.3, -0.25) is 4.90 Å². The average Bonchev–Trinajstić information content (AvgIpc) is 2.94. The molecule has 0 aliphatic carbocycles. The molecule has 1 N–H and O–H groups in total. The maximum atomic E-state index is 13.6. The van der Waals surface area contributed by atoms with E-state index in [4.69, 9.17) is 14.2 Å². The van der Waals surface area contributed by atoms with Crippen LogP contribution in [0.1, 0.15) is 36.6 Å². The van der Waals surface area contributed by atoms with Gasteiger partial charge in [0.25, 0.3) is 0 Å². The lowest BCUT2D eigenvalue weighted by atomic mass is 9.88. The van der Waals surface area contributed by atoms with Gasteiger partial charge in [-0.25, -0.2) is 4.39 Å². The molecule has 1 aliphatic heterocycles. The van der Waals surface area contributed by atoms with Crippen LogP contribution in [0.5, 0.6) is 11.5 Å². The molecule has 0 radical (unpaired) electrons. The van der Waals surface area contributed by atoms with E-state index < -0.39 is 0 Å². The highest BCUT2D eigenvalue weighted by Crippen LogP contribution is 2.37. The zero-order chi connectivity index (χ0) is 27.5. The number of aromatic hydroxyl groups is 1. The van der Waals surface area contributed by atoms with Crippen molar-refractivity contribution in [2.75, 3.05) is 64.1 Å². The summed E-state index contributed by atoms with van der Waals surface area (Å²) in [5.74, 6) is 0.899. The number of hydrogen-bond acceptors (Lipinski definition) is 6. The van der Waals surface area contributed by atoms with Crippen LogP contribution in [0.4, 0.5) is 10.1 Å². The number of phenols is 1. The molecule has 1 unspecified atom stereocenters. The molecule has 210 valence electrons. The third kappa shape index (κ3) is 8.43. The fourth-order valence-corrected chi connectivity index (χ4v) is 5.11. The SMILES string of the molecule is CCOCCN(CCOCC)CCOc1ccc(CC2c3ccc(O)cc3CCN2c2ccc(F)cc2)cc1. The fraction of sp³-hybridized carbons (Fsp3) is 0.438. The van der Waals surface area contributed by atoms with Crippen LogP contribution >= 0.6 is 0 Å². The van der Waals surface area contributed by atoms with E-state index in [-0.39, 0.29) is 11.9 Å². The third-order valence-electron chi connectivity index (χ3n) is 7.18. The summed E-state index contributed by atoms with van der Waals surface area (Å²) < 4.78 is 30.7. The lowest BCUT2D eigenvalue weighted by Gasteiger charge is -2.39. The predicted octanol–water partition coefficient (Wildman–Crippen LogP) is 5.63. The van der Waals surface area contributed by atoms with Crippen molar-refractivity contribution in [1.29, 1.82) is 0 Å². The van der Waals surface area contributed by atoms with E-state index in [1.807, 2.05) is 50.2 Å². The van der Waals surface area contributed by atoms with Crippen molar-refractivity contribution in [3.8, 4) is 11.5 Å². The molecule has 0 fully saturated rings. The largest absolute Gasteiger partial charge is 0.508 e. The zero-order valence-electron chi connectivity index (χ0n) is 23.2. The first-order valence-corrected chi connectivity index (χ1v) is 14.0. The molecule has 0 saturated carbocycles. The molecule has 6 nitrogen and oxygen atoms in total.